The van der Waals surface area contributed by atoms with E-state index in [0.717, 1.165) is 30.7 Å². The molecule has 5 heteroatoms. The van der Waals surface area contributed by atoms with Crippen LogP contribution in [0.1, 0.15) is 32.4 Å². The zero-order valence-electron chi connectivity index (χ0n) is 13.1. The second-order valence-electron chi connectivity index (χ2n) is 6.61. The third-order valence-electron chi connectivity index (χ3n) is 4.24. The van der Waals surface area contributed by atoms with Gasteiger partial charge in [0.05, 0.1) is 6.04 Å². The van der Waals surface area contributed by atoms with E-state index in [4.69, 9.17) is 5.73 Å². The SMILES string of the molecule is CC(C)(C)N1CCN(C(CN)c2cc(Br)ccc2F)CC1. The van der Waals surface area contributed by atoms with Crippen LogP contribution in [0.3, 0.4) is 0 Å². The Bertz CT molecular complexity index is 479. The van der Waals surface area contributed by atoms with Crippen molar-refractivity contribution in [2.45, 2.75) is 32.4 Å². The number of piperazine rings is 1. The summed E-state index contributed by atoms with van der Waals surface area (Å²) in [6, 6.07) is 5.03. The Labute approximate surface area is 135 Å². The quantitative estimate of drug-likeness (QED) is 0.902. The van der Waals surface area contributed by atoms with Gasteiger partial charge < -0.3 is 5.73 Å². The van der Waals surface area contributed by atoms with Crippen molar-refractivity contribution in [2.24, 2.45) is 5.73 Å². The lowest BCUT2D eigenvalue weighted by Crippen LogP contribution is -2.54. The highest BCUT2D eigenvalue weighted by Gasteiger charge is 2.30. The minimum atomic E-state index is -0.174. The monoisotopic (exact) mass is 357 g/mol. The van der Waals surface area contributed by atoms with Gasteiger partial charge in [0.25, 0.3) is 0 Å². The second kappa shape index (κ2) is 6.73. The zero-order chi connectivity index (χ0) is 15.6. The first kappa shape index (κ1) is 16.9. The summed E-state index contributed by atoms with van der Waals surface area (Å²) in [6.07, 6.45) is 0. The highest BCUT2D eigenvalue weighted by Crippen LogP contribution is 2.27. The standard InChI is InChI=1S/C16H25BrFN3/c1-16(2,3)21-8-6-20(7-9-21)15(11-19)13-10-12(17)4-5-14(13)18/h4-5,10,15H,6-9,11,19H2,1-3H3. The van der Waals surface area contributed by atoms with Crippen LogP contribution in [0.25, 0.3) is 0 Å². The molecule has 0 amide bonds. The number of nitrogens with two attached hydrogens (primary N) is 1. The van der Waals surface area contributed by atoms with Gasteiger partial charge in [-0.2, -0.15) is 0 Å². The molecule has 1 aromatic carbocycles. The van der Waals surface area contributed by atoms with E-state index in [9.17, 15) is 4.39 Å². The molecule has 1 fully saturated rings. The summed E-state index contributed by atoms with van der Waals surface area (Å²) in [5.41, 5.74) is 6.81. The van der Waals surface area contributed by atoms with Crippen molar-refractivity contribution in [2.75, 3.05) is 32.7 Å². The molecule has 1 atom stereocenters. The fourth-order valence-electron chi connectivity index (χ4n) is 2.95. The van der Waals surface area contributed by atoms with Crippen LogP contribution in [-0.2, 0) is 0 Å². The lowest BCUT2D eigenvalue weighted by atomic mass is 10.0. The third kappa shape index (κ3) is 4.03. The van der Waals surface area contributed by atoms with Crippen LogP contribution < -0.4 is 5.73 Å². The fraction of sp³-hybridized carbons (Fsp3) is 0.625. The molecule has 0 aromatic heterocycles. The largest absolute Gasteiger partial charge is 0.329 e. The van der Waals surface area contributed by atoms with Crippen LogP contribution in [0.15, 0.2) is 22.7 Å². The van der Waals surface area contributed by atoms with Crippen molar-refractivity contribution in [3.63, 3.8) is 0 Å². The van der Waals surface area contributed by atoms with Gasteiger partial charge in [0.2, 0.25) is 0 Å². The Balaban J connectivity index is 2.11. The molecule has 1 unspecified atom stereocenters. The first-order chi connectivity index (χ1) is 9.82. The molecule has 1 aliphatic heterocycles. The van der Waals surface area contributed by atoms with E-state index in [0.29, 0.717) is 12.1 Å². The predicted octanol–water partition coefficient (Wildman–Crippen LogP) is 3.00. The van der Waals surface area contributed by atoms with Gasteiger partial charge in [0, 0.05) is 48.3 Å². The van der Waals surface area contributed by atoms with Crippen LogP contribution in [0.4, 0.5) is 4.39 Å². The topological polar surface area (TPSA) is 32.5 Å². The molecule has 1 saturated heterocycles. The van der Waals surface area contributed by atoms with Crippen molar-refractivity contribution < 1.29 is 4.39 Å². The minimum Gasteiger partial charge on any atom is -0.329 e. The first-order valence-corrected chi connectivity index (χ1v) is 8.26. The van der Waals surface area contributed by atoms with Crippen molar-refractivity contribution in [1.82, 2.24) is 9.80 Å². The zero-order valence-corrected chi connectivity index (χ0v) is 14.7. The van der Waals surface area contributed by atoms with Crippen LogP contribution in [0.5, 0.6) is 0 Å². The molecule has 0 aliphatic carbocycles. The lowest BCUT2D eigenvalue weighted by molar-refractivity contribution is 0.0426. The maximum Gasteiger partial charge on any atom is 0.128 e. The normalized spacial score (nSPS) is 19.7. The molecule has 0 bridgehead atoms. The Morgan fingerprint density at radius 3 is 2.38 bits per heavy atom. The average molecular weight is 358 g/mol. The minimum absolute atomic E-state index is 0.0513. The molecular weight excluding hydrogens is 333 g/mol. The Kier molecular flexibility index (Phi) is 5.41. The molecule has 2 rings (SSSR count). The van der Waals surface area contributed by atoms with Gasteiger partial charge in [-0.25, -0.2) is 4.39 Å². The lowest BCUT2D eigenvalue weighted by Gasteiger charge is -2.44. The molecule has 0 radical (unpaired) electrons. The van der Waals surface area contributed by atoms with E-state index in [-0.39, 0.29) is 17.4 Å². The number of hydrogen-bond acceptors (Lipinski definition) is 3. The molecule has 1 aliphatic rings. The summed E-state index contributed by atoms with van der Waals surface area (Å²) in [7, 11) is 0. The maximum atomic E-state index is 14.1. The molecule has 1 heterocycles. The summed E-state index contributed by atoms with van der Waals surface area (Å²) in [5.74, 6) is -0.174. The van der Waals surface area contributed by atoms with Crippen LogP contribution in [-0.4, -0.2) is 48.1 Å². The third-order valence-corrected chi connectivity index (χ3v) is 4.74. The summed E-state index contributed by atoms with van der Waals surface area (Å²) >= 11 is 3.42. The molecule has 118 valence electrons. The smallest absolute Gasteiger partial charge is 0.128 e. The number of hydrogen-bond donors (Lipinski definition) is 1. The Hall–Kier alpha value is -0.490. The molecule has 2 N–H and O–H groups in total. The number of nitrogens with zero attached hydrogens (tertiary/aromatic N) is 2. The van der Waals surface area contributed by atoms with E-state index in [1.54, 1.807) is 6.07 Å². The summed E-state index contributed by atoms with van der Waals surface area (Å²) < 4.78 is 15.0. The van der Waals surface area contributed by atoms with Crippen molar-refractivity contribution in [3.05, 3.63) is 34.1 Å². The maximum absolute atomic E-state index is 14.1. The summed E-state index contributed by atoms with van der Waals surface area (Å²) in [5, 5.41) is 0. The molecule has 21 heavy (non-hydrogen) atoms. The van der Waals surface area contributed by atoms with Gasteiger partial charge in [-0.05, 0) is 39.0 Å². The molecule has 1 aromatic rings. The second-order valence-corrected chi connectivity index (χ2v) is 7.53. The van der Waals surface area contributed by atoms with Gasteiger partial charge in [-0.1, -0.05) is 15.9 Å². The number of benzene rings is 1. The average Bonchev–Trinajstić information content (AvgIpc) is 2.43. The fourth-order valence-corrected chi connectivity index (χ4v) is 3.33. The predicted molar refractivity (Wildman–Crippen MR) is 88.8 cm³/mol. The van der Waals surface area contributed by atoms with E-state index < -0.39 is 0 Å². The highest BCUT2D eigenvalue weighted by molar-refractivity contribution is 9.10. The summed E-state index contributed by atoms with van der Waals surface area (Å²) in [4.78, 5) is 4.77. The van der Waals surface area contributed by atoms with Crippen LogP contribution in [0.2, 0.25) is 0 Å². The van der Waals surface area contributed by atoms with Gasteiger partial charge in [-0.3, -0.25) is 9.80 Å². The van der Waals surface area contributed by atoms with E-state index >= 15 is 0 Å². The van der Waals surface area contributed by atoms with Crippen molar-refractivity contribution >= 4 is 15.9 Å². The Morgan fingerprint density at radius 1 is 1.24 bits per heavy atom. The number of halogens is 2. The molecule has 3 nitrogen and oxygen atoms in total. The number of rotatable bonds is 3. The van der Waals surface area contributed by atoms with E-state index in [1.165, 1.54) is 6.07 Å². The molecular formula is C16H25BrFN3. The van der Waals surface area contributed by atoms with Gasteiger partial charge in [-0.15, -0.1) is 0 Å². The highest BCUT2D eigenvalue weighted by atomic mass is 79.9. The van der Waals surface area contributed by atoms with Crippen LogP contribution in [0, 0.1) is 5.82 Å². The van der Waals surface area contributed by atoms with E-state index in [2.05, 4.69) is 46.5 Å². The van der Waals surface area contributed by atoms with Gasteiger partial charge in [0.15, 0.2) is 0 Å². The first-order valence-electron chi connectivity index (χ1n) is 7.47. The molecule has 0 saturated carbocycles. The Morgan fingerprint density at radius 2 is 1.86 bits per heavy atom. The van der Waals surface area contributed by atoms with Gasteiger partial charge >= 0.3 is 0 Å². The van der Waals surface area contributed by atoms with Gasteiger partial charge in [0.1, 0.15) is 5.82 Å². The van der Waals surface area contributed by atoms with Crippen molar-refractivity contribution in [3.8, 4) is 0 Å². The molecule has 0 spiro atoms. The van der Waals surface area contributed by atoms with Crippen molar-refractivity contribution in [1.29, 1.82) is 0 Å². The van der Waals surface area contributed by atoms with E-state index in [1.807, 2.05) is 6.07 Å². The summed E-state index contributed by atoms with van der Waals surface area (Å²) in [6.45, 7) is 11.0. The van der Waals surface area contributed by atoms with Crippen LogP contribution >= 0.6 is 15.9 Å².